The second-order valence-electron chi connectivity index (χ2n) is 7.83. The predicted octanol–water partition coefficient (Wildman–Crippen LogP) is 2.86. The average Bonchev–Trinajstić information content (AvgIpc) is 2.63. The van der Waals surface area contributed by atoms with Gasteiger partial charge in [0, 0.05) is 19.6 Å². The predicted molar refractivity (Wildman–Crippen MR) is 112 cm³/mol. The van der Waals surface area contributed by atoms with Crippen molar-refractivity contribution in [1.29, 1.82) is 0 Å². The molecule has 1 atom stereocenters. The summed E-state index contributed by atoms with van der Waals surface area (Å²) in [6, 6.07) is 8.33. The number of amides is 1. The number of alkyl carbamates (subject to hydrolysis) is 1. The molecule has 1 aromatic rings. The van der Waals surface area contributed by atoms with E-state index >= 15 is 0 Å². The van der Waals surface area contributed by atoms with Gasteiger partial charge in [-0.2, -0.15) is 0 Å². The first kappa shape index (κ1) is 22.0. The number of morpholine rings is 1. The van der Waals surface area contributed by atoms with E-state index in [0.717, 1.165) is 25.6 Å². The van der Waals surface area contributed by atoms with Crippen molar-refractivity contribution in [2.24, 2.45) is 4.99 Å². The molecule has 1 heterocycles. The van der Waals surface area contributed by atoms with Gasteiger partial charge in [0.15, 0.2) is 5.96 Å². The van der Waals surface area contributed by atoms with Crippen molar-refractivity contribution in [2.75, 3.05) is 39.3 Å². The molecule has 1 saturated heterocycles. The summed E-state index contributed by atoms with van der Waals surface area (Å²) in [5.41, 5.74) is 1.95. The molecule has 28 heavy (non-hydrogen) atoms. The number of nitrogens with zero attached hydrogens (tertiary/aromatic N) is 2. The summed E-state index contributed by atoms with van der Waals surface area (Å²) in [6.07, 6.45) is -0.391. The number of carbonyl (C=O) groups is 1. The highest BCUT2D eigenvalue weighted by molar-refractivity contribution is 5.80. The van der Waals surface area contributed by atoms with Gasteiger partial charge >= 0.3 is 6.09 Å². The number of hydrogen-bond donors (Lipinski definition) is 2. The Morgan fingerprint density at radius 2 is 2.07 bits per heavy atom. The lowest BCUT2D eigenvalue weighted by Gasteiger charge is -2.35. The number of aliphatic imine (C=N–C) groups is 1. The summed E-state index contributed by atoms with van der Waals surface area (Å²) in [5, 5.41) is 6.08. The summed E-state index contributed by atoms with van der Waals surface area (Å²) < 4.78 is 11.3. The molecule has 2 N–H and O–H groups in total. The first-order chi connectivity index (χ1) is 13.3. The van der Waals surface area contributed by atoms with E-state index in [1.165, 1.54) is 11.1 Å². The van der Waals surface area contributed by atoms with Gasteiger partial charge in [0.1, 0.15) is 11.7 Å². The van der Waals surface area contributed by atoms with Crippen LogP contribution in [0.15, 0.2) is 29.3 Å². The summed E-state index contributed by atoms with van der Waals surface area (Å²) in [4.78, 5) is 18.6. The quantitative estimate of drug-likeness (QED) is 0.459. The largest absolute Gasteiger partial charge is 0.444 e. The number of nitrogens with one attached hydrogen (secondary N) is 2. The maximum Gasteiger partial charge on any atom is 0.407 e. The third-order valence-electron chi connectivity index (χ3n) is 4.28. The topological polar surface area (TPSA) is 75.2 Å². The van der Waals surface area contributed by atoms with Crippen molar-refractivity contribution in [3.05, 3.63) is 35.4 Å². The molecule has 1 fully saturated rings. The molecular formula is C21H34N4O3. The summed E-state index contributed by atoms with van der Waals surface area (Å²) in [7, 11) is 0. The lowest BCUT2D eigenvalue weighted by Crippen LogP contribution is -2.48. The molecular weight excluding hydrogens is 356 g/mol. The third kappa shape index (κ3) is 7.03. The fourth-order valence-electron chi connectivity index (χ4n) is 3.04. The fraction of sp³-hybridized carbons (Fsp3) is 0.619. The van der Waals surface area contributed by atoms with E-state index in [-0.39, 0.29) is 6.10 Å². The monoisotopic (exact) mass is 390 g/mol. The molecule has 1 amide bonds. The minimum Gasteiger partial charge on any atom is -0.444 e. The molecule has 1 aliphatic rings. The zero-order chi connectivity index (χ0) is 20.6. The lowest BCUT2D eigenvalue weighted by molar-refractivity contribution is -0.00832. The normalized spacial score (nSPS) is 18.0. The SMILES string of the molecule is CCNC(=NCCNC(=O)OC(C)(C)C)N1CCOC(c2ccccc2C)C1. The maximum absolute atomic E-state index is 11.7. The maximum atomic E-state index is 11.7. The van der Waals surface area contributed by atoms with Crippen LogP contribution in [0, 0.1) is 6.92 Å². The van der Waals surface area contributed by atoms with Crippen molar-refractivity contribution in [3.63, 3.8) is 0 Å². The van der Waals surface area contributed by atoms with Crippen LogP contribution in [0.4, 0.5) is 4.79 Å². The lowest BCUT2D eigenvalue weighted by atomic mass is 10.0. The van der Waals surface area contributed by atoms with Crippen LogP contribution in [-0.2, 0) is 9.47 Å². The Balaban J connectivity index is 1.93. The van der Waals surface area contributed by atoms with Crippen LogP contribution in [-0.4, -0.2) is 61.9 Å². The molecule has 7 nitrogen and oxygen atoms in total. The third-order valence-corrected chi connectivity index (χ3v) is 4.28. The van der Waals surface area contributed by atoms with Gasteiger partial charge < -0.3 is 25.0 Å². The van der Waals surface area contributed by atoms with Crippen LogP contribution < -0.4 is 10.6 Å². The highest BCUT2D eigenvalue weighted by Crippen LogP contribution is 2.24. The summed E-state index contributed by atoms with van der Waals surface area (Å²) >= 11 is 0. The Hall–Kier alpha value is -2.28. The molecule has 1 unspecified atom stereocenters. The van der Waals surface area contributed by atoms with Crippen molar-refractivity contribution in [3.8, 4) is 0 Å². The molecule has 1 aromatic carbocycles. The Morgan fingerprint density at radius 3 is 2.75 bits per heavy atom. The number of aryl methyl sites for hydroxylation is 1. The molecule has 1 aliphatic heterocycles. The first-order valence-corrected chi connectivity index (χ1v) is 9.97. The van der Waals surface area contributed by atoms with Crippen LogP contribution in [0.25, 0.3) is 0 Å². The first-order valence-electron chi connectivity index (χ1n) is 9.97. The summed E-state index contributed by atoms with van der Waals surface area (Å²) in [6.45, 7) is 13.6. The van der Waals surface area contributed by atoms with Crippen molar-refractivity contribution in [1.82, 2.24) is 15.5 Å². The van der Waals surface area contributed by atoms with Crippen molar-refractivity contribution < 1.29 is 14.3 Å². The van der Waals surface area contributed by atoms with Gasteiger partial charge in [0.25, 0.3) is 0 Å². The molecule has 2 rings (SSSR count). The van der Waals surface area contributed by atoms with Crippen molar-refractivity contribution in [2.45, 2.75) is 46.3 Å². The van der Waals surface area contributed by atoms with Gasteiger partial charge in [-0.1, -0.05) is 24.3 Å². The highest BCUT2D eigenvalue weighted by Gasteiger charge is 2.25. The second kappa shape index (κ2) is 10.3. The van der Waals surface area contributed by atoms with E-state index in [4.69, 9.17) is 9.47 Å². The molecule has 156 valence electrons. The van der Waals surface area contributed by atoms with Crippen LogP contribution in [0.1, 0.15) is 44.9 Å². The van der Waals surface area contributed by atoms with Gasteiger partial charge in [0.05, 0.1) is 19.7 Å². The van der Waals surface area contributed by atoms with Gasteiger partial charge in [0.2, 0.25) is 0 Å². The molecule has 0 aromatic heterocycles. The van der Waals surface area contributed by atoms with E-state index in [1.807, 2.05) is 39.8 Å². The van der Waals surface area contributed by atoms with Gasteiger partial charge in [-0.05, 0) is 45.7 Å². The zero-order valence-corrected chi connectivity index (χ0v) is 17.7. The standard InChI is InChI=1S/C21H34N4O3/c1-6-22-19(23-11-12-24-20(26)28-21(3,4)5)25-13-14-27-18(15-25)17-10-8-7-9-16(17)2/h7-10,18H,6,11-15H2,1-5H3,(H,22,23)(H,24,26). The number of rotatable bonds is 5. The van der Waals surface area contributed by atoms with Gasteiger partial charge in [-0.25, -0.2) is 4.79 Å². The Labute approximate surface area is 168 Å². The smallest absolute Gasteiger partial charge is 0.407 e. The minimum atomic E-state index is -0.499. The fourth-order valence-corrected chi connectivity index (χ4v) is 3.04. The van der Waals surface area contributed by atoms with E-state index < -0.39 is 11.7 Å². The summed E-state index contributed by atoms with van der Waals surface area (Å²) in [5.74, 6) is 0.843. The number of benzene rings is 1. The Bertz CT molecular complexity index is 670. The molecule has 0 bridgehead atoms. The average molecular weight is 391 g/mol. The van der Waals surface area contributed by atoms with Gasteiger partial charge in [-0.15, -0.1) is 0 Å². The zero-order valence-electron chi connectivity index (χ0n) is 17.7. The van der Waals surface area contributed by atoms with E-state index in [0.29, 0.717) is 19.7 Å². The highest BCUT2D eigenvalue weighted by atomic mass is 16.6. The molecule has 0 saturated carbocycles. The van der Waals surface area contributed by atoms with Crippen LogP contribution in [0.5, 0.6) is 0 Å². The van der Waals surface area contributed by atoms with E-state index in [9.17, 15) is 4.79 Å². The number of carbonyl (C=O) groups excluding carboxylic acids is 1. The van der Waals surface area contributed by atoms with Gasteiger partial charge in [-0.3, -0.25) is 4.99 Å². The molecule has 0 spiro atoms. The van der Waals surface area contributed by atoms with Crippen LogP contribution >= 0.6 is 0 Å². The Kier molecular flexibility index (Phi) is 8.11. The number of ether oxygens (including phenoxy) is 2. The molecule has 7 heteroatoms. The molecule has 0 aliphatic carbocycles. The minimum absolute atomic E-state index is 0.0266. The van der Waals surface area contributed by atoms with E-state index in [2.05, 4.69) is 39.6 Å². The van der Waals surface area contributed by atoms with E-state index in [1.54, 1.807) is 0 Å². The molecule has 0 radical (unpaired) electrons. The number of hydrogen-bond acceptors (Lipinski definition) is 4. The van der Waals surface area contributed by atoms with Crippen molar-refractivity contribution >= 4 is 12.1 Å². The van der Waals surface area contributed by atoms with Crippen LogP contribution in [0.2, 0.25) is 0 Å². The number of guanidine groups is 1. The Morgan fingerprint density at radius 1 is 1.32 bits per heavy atom. The van der Waals surface area contributed by atoms with Crippen LogP contribution in [0.3, 0.4) is 0 Å². The second-order valence-corrected chi connectivity index (χ2v) is 7.83.